The molecular weight excluding hydrogens is 246 g/mol. The Morgan fingerprint density at radius 1 is 0.950 bits per heavy atom. The monoisotopic (exact) mass is 267 g/mol. The molecule has 0 saturated carbocycles. The lowest BCUT2D eigenvalue weighted by atomic mass is 9.97. The predicted molar refractivity (Wildman–Crippen MR) is 86.0 cm³/mol. The Labute approximate surface area is 121 Å². The molecule has 0 radical (unpaired) electrons. The highest BCUT2D eigenvalue weighted by Gasteiger charge is 2.06. The van der Waals surface area contributed by atoms with Gasteiger partial charge in [0.15, 0.2) is 0 Å². The van der Waals surface area contributed by atoms with Crippen LogP contribution < -0.4 is 4.74 Å². The van der Waals surface area contributed by atoms with Crippen LogP contribution in [0.15, 0.2) is 41.4 Å². The molecule has 0 aliphatic carbocycles. The van der Waals surface area contributed by atoms with E-state index in [9.17, 15) is 0 Å². The molecule has 0 aromatic heterocycles. The Hall–Kier alpha value is -2.09. The molecule has 2 aromatic rings. The van der Waals surface area contributed by atoms with E-state index in [1.165, 1.54) is 22.3 Å². The molecule has 2 heteroatoms. The van der Waals surface area contributed by atoms with Crippen molar-refractivity contribution in [1.82, 2.24) is 0 Å². The smallest absolute Gasteiger partial charge is 0.122 e. The maximum atomic E-state index is 5.40. The zero-order chi connectivity index (χ0) is 14.7. The molecule has 0 aliphatic rings. The van der Waals surface area contributed by atoms with Crippen LogP contribution in [0.25, 0.3) is 11.1 Å². The van der Waals surface area contributed by atoms with E-state index in [1.54, 1.807) is 7.11 Å². The van der Waals surface area contributed by atoms with Gasteiger partial charge in [-0.25, -0.2) is 0 Å². The molecule has 0 N–H and O–H groups in total. The summed E-state index contributed by atoms with van der Waals surface area (Å²) in [5, 5.41) is 0. The first-order chi connectivity index (χ1) is 9.56. The zero-order valence-corrected chi connectivity index (χ0v) is 12.8. The van der Waals surface area contributed by atoms with E-state index in [1.807, 2.05) is 14.0 Å². The van der Waals surface area contributed by atoms with Crippen LogP contribution in [0.1, 0.15) is 23.6 Å². The molecular formula is C18H21NO. The van der Waals surface area contributed by atoms with Crippen LogP contribution in [0, 0.1) is 13.8 Å². The number of hydrogen-bond donors (Lipinski definition) is 0. The molecule has 2 aromatic carbocycles. The maximum Gasteiger partial charge on any atom is 0.122 e. The summed E-state index contributed by atoms with van der Waals surface area (Å²) in [5.41, 5.74) is 7.04. The third-order valence-electron chi connectivity index (χ3n) is 3.69. The summed E-state index contributed by atoms with van der Waals surface area (Å²) in [6.07, 6.45) is 0. The molecule has 0 unspecified atom stereocenters. The number of aliphatic imine (C=N–C) groups is 1. The molecule has 0 aliphatic heterocycles. The van der Waals surface area contributed by atoms with Crippen molar-refractivity contribution in [3.63, 3.8) is 0 Å². The first-order valence-corrected chi connectivity index (χ1v) is 6.76. The van der Waals surface area contributed by atoms with Crippen molar-refractivity contribution in [2.45, 2.75) is 20.8 Å². The van der Waals surface area contributed by atoms with Crippen LogP contribution in [0.2, 0.25) is 0 Å². The van der Waals surface area contributed by atoms with Crippen LogP contribution in [-0.2, 0) is 0 Å². The Balaban J connectivity index is 2.47. The quantitative estimate of drug-likeness (QED) is 0.754. The largest absolute Gasteiger partial charge is 0.496 e. The molecule has 0 saturated heterocycles. The van der Waals surface area contributed by atoms with Gasteiger partial charge in [-0.2, -0.15) is 0 Å². The second-order valence-corrected chi connectivity index (χ2v) is 5.02. The number of hydrogen-bond acceptors (Lipinski definition) is 2. The van der Waals surface area contributed by atoms with E-state index >= 15 is 0 Å². The molecule has 0 heterocycles. The minimum absolute atomic E-state index is 0.926. The fourth-order valence-electron chi connectivity index (χ4n) is 2.37. The van der Waals surface area contributed by atoms with Crippen molar-refractivity contribution in [3.05, 3.63) is 53.1 Å². The number of methoxy groups -OCH3 is 1. The van der Waals surface area contributed by atoms with Crippen LogP contribution in [0.5, 0.6) is 5.75 Å². The number of rotatable bonds is 3. The van der Waals surface area contributed by atoms with Crippen molar-refractivity contribution in [2.75, 3.05) is 14.2 Å². The van der Waals surface area contributed by atoms with E-state index in [2.05, 4.69) is 55.2 Å². The van der Waals surface area contributed by atoms with E-state index in [0.29, 0.717) is 0 Å². The van der Waals surface area contributed by atoms with Gasteiger partial charge < -0.3 is 4.74 Å². The standard InChI is InChI=1S/C18H21NO/c1-12-6-7-16(11-18(12)20-5)15-8-9-17(13(2)10-15)14(3)19-4/h6-11H,1-5H3. The van der Waals surface area contributed by atoms with Crippen LogP contribution >= 0.6 is 0 Å². The second kappa shape index (κ2) is 5.91. The first kappa shape index (κ1) is 14.3. The van der Waals surface area contributed by atoms with Crippen molar-refractivity contribution in [3.8, 4) is 16.9 Å². The van der Waals surface area contributed by atoms with E-state index in [4.69, 9.17) is 4.74 Å². The van der Waals surface area contributed by atoms with Crippen molar-refractivity contribution < 1.29 is 4.74 Å². The highest BCUT2D eigenvalue weighted by Crippen LogP contribution is 2.28. The fourth-order valence-corrected chi connectivity index (χ4v) is 2.37. The van der Waals surface area contributed by atoms with Gasteiger partial charge in [0, 0.05) is 12.8 Å². The molecule has 20 heavy (non-hydrogen) atoms. The topological polar surface area (TPSA) is 21.6 Å². The van der Waals surface area contributed by atoms with Gasteiger partial charge in [-0.15, -0.1) is 0 Å². The minimum Gasteiger partial charge on any atom is -0.496 e. The Morgan fingerprint density at radius 2 is 1.60 bits per heavy atom. The molecule has 0 bridgehead atoms. The summed E-state index contributed by atoms with van der Waals surface area (Å²) >= 11 is 0. The predicted octanol–water partition coefficient (Wildman–Crippen LogP) is 4.42. The highest BCUT2D eigenvalue weighted by molar-refractivity contribution is 6.00. The summed E-state index contributed by atoms with van der Waals surface area (Å²) < 4.78 is 5.40. The lowest BCUT2D eigenvalue weighted by Crippen LogP contribution is -1.98. The number of ether oxygens (including phenoxy) is 1. The zero-order valence-electron chi connectivity index (χ0n) is 12.8. The van der Waals surface area contributed by atoms with Gasteiger partial charge in [0.25, 0.3) is 0 Å². The summed E-state index contributed by atoms with van der Waals surface area (Å²) in [5.74, 6) is 0.926. The summed E-state index contributed by atoms with van der Waals surface area (Å²) in [7, 11) is 3.54. The van der Waals surface area contributed by atoms with Crippen LogP contribution in [-0.4, -0.2) is 19.9 Å². The normalized spacial score (nSPS) is 11.6. The molecule has 2 nitrogen and oxygen atoms in total. The van der Waals surface area contributed by atoms with Gasteiger partial charge in [-0.05, 0) is 54.7 Å². The number of nitrogens with zero attached hydrogens (tertiary/aromatic N) is 1. The van der Waals surface area contributed by atoms with Gasteiger partial charge >= 0.3 is 0 Å². The van der Waals surface area contributed by atoms with E-state index < -0.39 is 0 Å². The first-order valence-electron chi connectivity index (χ1n) is 6.76. The summed E-state index contributed by atoms with van der Waals surface area (Å²) in [6, 6.07) is 12.8. The van der Waals surface area contributed by atoms with Gasteiger partial charge in [0.1, 0.15) is 5.75 Å². The third-order valence-corrected chi connectivity index (χ3v) is 3.69. The fraction of sp³-hybridized carbons (Fsp3) is 0.278. The molecule has 0 atom stereocenters. The molecule has 2 rings (SSSR count). The van der Waals surface area contributed by atoms with E-state index in [0.717, 1.165) is 17.0 Å². The van der Waals surface area contributed by atoms with Crippen molar-refractivity contribution in [1.29, 1.82) is 0 Å². The summed E-state index contributed by atoms with van der Waals surface area (Å²) in [6.45, 7) is 6.22. The average Bonchev–Trinajstić information content (AvgIpc) is 2.47. The summed E-state index contributed by atoms with van der Waals surface area (Å²) in [4.78, 5) is 4.26. The molecule has 0 fully saturated rings. The third kappa shape index (κ3) is 2.74. The molecule has 104 valence electrons. The Kier molecular flexibility index (Phi) is 4.23. The van der Waals surface area contributed by atoms with Crippen LogP contribution in [0.3, 0.4) is 0 Å². The van der Waals surface area contributed by atoms with Gasteiger partial charge in [-0.1, -0.05) is 30.3 Å². The average molecular weight is 267 g/mol. The maximum absolute atomic E-state index is 5.40. The Morgan fingerprint density at radius 3 is 2.20 bits per heavy atom. The lowest BCUT2D eigenvalue weighted by Gasteiger charge is -2.11. The Bertz CT molecular complexity index is 656. The molecule has 0 amide bonds. The van der Waals surface area contributed by atoms with Crippen molar-refractivity contribution >= 4 is 5.71 Å². The van der Waals surface area contributed by atoms with Crippen LogP contribution in [0.4, 0.5) is 0 Å². The lowest BCUT2D eigenvalue weighted by molar-refractivity contribution is 0.412. The van der Waals surface area contributed by atoms with E-state index in [-0.39, 0.29) is 0 Å². The SMILES string of the molecule is CN=C(C)c1ccc(-c2ccc(C)c(OC)c2)cc1C. The van der Waals surface area contributed by atoms with Gasteiger partial charge in [0.05, 0.1) is 7.11 Å². The minimum atomic E-state index is 0.926. The second-order valence-electron chi connectivity index (χ2n) is 5.02. The van der Waals surface area contributed by atoms with Gasteiger partial charge in [0.2, 0.25) is 0 Å². The molecule has 0 spiro atoms. The highest BCUT2D eigenvalue weighted by atomic mass is 16.5. The van der Waals surface area contributed by atoms with Gasteiger partial charge in [-0.3, -0.25) is 4.99 Å². The van der Waals surface area contributed by atoms with Crippen molar-refractivity contribution in [2.24, 2.45) is 4.99 Å². The number of benzene rings is 2. The number of aryl methyl sites for hydroxylation is 2.